The van der Waals surface area contributed by atoms with Gasteiger partial charge in [-0.25, -0.2) is 4.79 Å². The van der Waals surface area contributed by atoms with Crippen molar-refractivity contribution in [1.82, 2.24) is 5.06 Å². The number of methoxy groups -OCH3 is 1. The van der Waals surface area contributed by atoms with E-state index in [1.165, 1.54) is 6.07 Å². The third-order valence-electron chi connectivity index (χ3n) is 5.06. The van der Waals surface area contributed by atoms with Crippen LogP contribution in [0.4, 0.5) is 26.3 Å². The SMILES string of the molecule is COc1cc(C2CC(c3cc(Cl)cc(Cl)c3)(C(F)(F)F)ON2CC(F)(F)F)ccc1C(=O)O. The van der Waals surface area contributed by atoms with Crippen molar-refractivity contribution in [3.63, 3.8) is 0 Å². The highest BCUT2D eigenvalue weighted by Gasteiger charge is 2.65. The van der Waals surface area contributed by atoms with Crippen molar-refractivity contribution in [2.45, 2.75) is 30.4 Å². The van der Waals surface area contributed by atoms with E-state index < -0.39 is 48.5 Å². The van der Waals surface area contributed by atoms with E-state index in [2.05, 4.69) is 0 Å². The first kappa shape index (κ1) is 25.4. The summed E-state index contributed by atoms with van der Waals surface area (Å²) in [5, 5.41) is 9.06. The van der Waals surface area contributed by atoms with Crippen LogP contribution in [0.15, 0.2) is 36.4 Å². The second-order valence-corrected chi connectivity index (χ2v) is 8.12. The van der Waals surface area contributed by atoms with Crippen LogP contribution in [0.2, 0.25) is 10.0 Å². The van der Waals surface area contributed by atoms with Gasteiger partial charge in [-0.3, -0.25) is 4.84 Å². The minimum atomic E-state index is -5.16. The second kappa shape index (κ2) is 8.86. The van der Waals surface area contributed by atoms with E-state index >= 15 is 0 Å². The van der Waals surface area contributed by atoms with Gasteiger partial charge in [0.2, 0.25) is 5.60 Å². The molecule has 180 valence electrons. The van der Waals surface area contributed by atoms with E-state index in [9.17, 15) is 36.2 Å². The van der Waals surface area contributed by atoms with Gasteiger partial charge in [-0.05, 0) is 41.5 Å². The number of rotatable bonds is 5. The normalized spacial score (nSPS) is 21.9. The molecule has 1 saturated heterocycles. The Hall–Kier alpha value is -2.21. The lowest BCUT2D eigenvalue weighted by molar-refractivity contribution is -0.341. The molecular weight excluding hydrogens is 503 g/mol. The molecule has 0 bridgehead atoms. The number of hydrogen-bond donors (Lipinski definition) is 1. The lowest BCUT2D eigenvalue weighted by Crippen LogP contribution is -2.44. The first-order chi connectivity index (χ1) is 15.2. The van der Waals surface area contributed by atoms with Crippen LogP contribution in [-0.2, 0) is 10.4 Å². The minimum Gasteiger partial charge on any atom is -0.496 e. The summed E-state index contributed by atoms with van der Waals surface area (Å²) in [6.07, 6.45) is -11.1. The number of hydroxylamine groups is 2. The molecule has 2 aromatic carbocycles. The van der Waals surface area contributed by atoms with Crippen molar-refractivity contribution < 1.29 is 45.8 Å². The zero-order chi connectivity index (χ0) is 24.8. The maximum Gasteiger partial charge on any atom is 0.423 e. The van der Waals surface area contributed by atoms with Gasteiger partial charge in [-0.2, -0.15) is 31.4 Å². The highest BCUT2D eigenvalue weighted by molar-refractivity contribution is 6.34. The van der Waals surface area contributed by atoms with E-state index in [0.29, 0.717) is 0 Å². The standard InChI is InChI=1S/C20H15Cl2F6NO4/c1-32-16-4-10(2-3-14(16)17(30)31)15-8-18(20(26,27)28,33-29(15)9-19(23,24)25)11-5-12(21)7-13(22)6-11/h2-7,15H,8-9H2,1H3,(H,30,31). The number of ether oxygens (including phenoxy) is 1. The van der Waals surface area contributed by atoms with Gasteiger partial charge in [0.15, 0.2) is 0 Å². The Morgan fingerprint density at radius 3 is 2.24 bits per heavy atom. The maximum absolute atomic E-state index is 14.4. The molecule has 5 nitrogen and oxygen atoms in total. The van der Waals surface area contributed by atoms with Crippen LogP contribution < -0.4 is 4.74 Å². The maximum atomic E-state index is 14.4. The molecule has 1 fully saturated rings. The molecular formula is C20H15Cl2F6NO4. The number of carbonyl (C=O) groups is 1. The predicted octanol–water partition coefficient (Wildman–Crippen LogP) is 6.40. The van der Waals surface area contributed by atoms with Crippen LogP contribution in [0.25, 0.3) is 0 Å². The summed E-state index contributed by atoms with van der Waals surface area (Å²) >= 11 is 11.7. The molecule has 0 saturated carbocycles. The summed E-state index contributed by atoms with van der Waals surface area (Å²) in [7, 11) is 1.12. The molecule has 2 aromatic rings. The van der Waals surface area contributed by atoms with E-state index in [1.54, 1.807) is 0 Å². The second-order valence-electron chi connectivity index (χ2n) is 7.25. The number of benzene rings is 2. The van der Waals surface area contributed by atoms with Crippen LogP contribution in [0.1, 0.15) is 33.9 Å². The third-order valence-corrected chi connectivity index (χ3v) is 5.50. The van der Waals surface area contributed by atoms with E-state index in [1.807, 2.05) is 0 Å². The zero-order valence-electron chi connectivity index (χ0n) is 16.6. The van der Waals surface area contributed by atoms with Crippen LogP contribution in [0.5, 0.6) is 5.75 Å². The molecule has 1 aliphatic rings. The summed E-state index contributed by atoms with van der Waals surface area (Å²) in [5.74, 6) is -1.62. The minimum absolute atomic E-state index is 0.0691. The molecule has 0 radical (unpaired) electrons. The molecule has 0 spiro atoms. The van der Waals surface area contributed by atoms with Crippen LogP contribution >= 0.6 is 23.2 Å². The van der Waals surface area contributed by atoms with Crippen molar-refractivity contribution in [3.05, 3.63) is 63.1 Å². The first-order valence-electron chi connectivity index (χ1n) is 9.14. The summed E-state index contributed by atoms with van der Waals surface area (Å²) in [4.78, 5) is 16.3. The number of alkyl halides is 6. The largest absolute Gasteiger partial charge is 0.496 e. The highest BCUT2D eigenvalue weighted by Crippen LogP contribution is 2.56. The first-order valence-corrected chi connectivity index (χ1v) is 9.89. The van der Waals surface area contributed by atoms with Crippen molar-refractivity contribution in [1.29, 1.82) is 0 Å². The zero-order valence-corrected chi connectivity index (χ0v) is 18.1. The van der Waals surface area contributed by atoms with Gasteiger partial charge in [0.25, 0.3) is 0 Å². The van der Waals surface area contributed by atoms with Crippen LogP contribution in [-0.4, -0.2) is 42.1 Å². The molecule has 1 N–H and O–H groups in total. The Kier molecular flexibility index (Phi) is 6.82. The van der Waals surface area contributed by atoms with Crippen molar-refractivity contribution in [2.24, 2.45) is 0 Å². The molecule has 13 heteroatoms. The molecule has 0 aliphatic carbocycles. The van der Waals surface area contributed by atoms with Gasteiger partial charge in [-0.15, -0.1) is 0 Å². The molecule has 3 rings (SSSR count). The van der Waals surface area contributed by atoms with E-state index in [-0.39, 0.29) is 32.0 Å². The number of aromatic carboxylic acids is 1. The van der Waals surface area contributed by atoms with Gasteiger partial charge in [0.1, 0.15) is 17.9 Å². The molecule has 2 atom stereocenters. The van der Waals surface area contributed by atoms with E-state index in [4.69, 9.17) is 32.8 Å². The average Bonchev–Trinajstić information content (AvgIpc) is 3.05. The van der Waals surface area contributed by atoms with Crippen LogP contribution in [0, 0.1) is 0 Å². The quantitative estimate of drug-likeness (QED) is 0.465. The Labute approximate surface area is 193 Å². The Bertz CT molecular complexity index is 1040. The van der Waals surface area contributed by atoms with Crippen molar-refractivity contribution >= 4 is 29.2 Å². The van der Waals surface area contributed by atoms with Gasteiger partial charge in [-0.1, -0.05) is 29.3 Å². The number of halogens is 8. The Morgan fingerprint density at radius 1 is 1.15 bits per heavy atom. The Morgan fingerprint density at radius 2 is 1.76 bits per heavy atom. The number of nitrogens with zero attached hydrogens (tertiary/aromatic N) is 1. The topological polar surface area (TPSA) is 59.0 Å². The molecule has 0 amide bonds. The number of carboxylic acid groups (broad SMARTS) is 1. The molecule has 0 aromatic heterocycles. The fourth-order valence-corrected chi connectivity index (χ4v) is 4.18. The summed E-state index contributed by atoms with van der Waals surface area (Å²) in [6.45, 7) is -1.83. The Balaban J connectivity index is 2.17. The summed E-state index contributed by atoms with van der Waals surface area (Å²) in [6, 6.07) is 4.66. The van der Waals surface area contributed by atoms with E-state index in [0.717, 1.165) is 37.4 Å². The average molecular weight is 518 g/mol. The monoisotopic (exact) mass is 517 g/mol. The lowest BCUT2D eigenvalue weighted by atomic mass is 9.85. The number of carboxylic acids is 1. The van der Waals surface area contributed by atoms with Crippen LogP contribution in [0.3, 0.4) is 0 Å². The molecule has 1 aliphatic heterocycles. The molecule has 1 heterocycles. The van der Waals surface area contributed by atoms with Gasteiger partial charge >= 0.3 is 18.3 Å². The predicted molar refractivity (Wildman–Crippen MR) is 105 cm³/mol. The smallest absolute Gasteiger partial charge is 0.423 e. The highest BCUT2D eigenvalue weighted by atomic mass is 35.5. The van der Waals surface area contributed by atoms with Crippen molar-refractivity contribution in [2.75, 3.05) is 13.7 Å². The fraction of sp³-hybridized carbons (Fsp3) is 0.350. The molecule has 2 unspecified atom stereocenters. The fourth-order valence-electron chi connectivity index (χ4n) is 3.66. The lowest BCUT2D eigenvalue weighted by Gasteiger charge is -2.32. The van der Waals surface area contributed by atoms with Gasteiger partial charge < -0.3 is 9.84 Å². The number of hydrogen-bond acceptors (Lipinski definition) is 4. The summed E-state index contributed by atoms with van der Waals surface area (Å²) < 4.78 is 87.8. The van der Waals surface area contributed by atoms with Crippen molar-refractivity contribution in [3.8, 4) is 5.75 Å². The molecule has 33 heavy (non-hydrogen) atoms. The van der Waals surface area contributed by atoms with Gasteiger partial charge in [0, 0.05) is 16.5 Å². The summed E-state index contributed by atoms with van der Waals surface area (Å²) in [5.41, 5.74) is -4.15. The van der Waals surface area contributed by atoms with Gasteiger partial charge in [0.05, 0.1) is 13.2 Å². The third kappa shape index (κ3) is 5.16.